The highest BCUT2D eigenvalue weighted by molar-refractivity contribution is 7.15. The topological polar surface area (TPSA) is 118 Å². The molecule has 3 aromatic rings. The van der Waals surface area contributed by atoms with Crippen molar-refractivity contribution in [3.63, 3.8) is 0 Å². The molecule has 1 aliphatic heterocycles. The second-order valence-corrected chi connectivity index (χ2v) is 7.91. The van der Waals surface area contributed by atoms with E-state index < -0.39 is 10.8 Å². The minimum Gasteiger partial charge on any atom is -0.311 e. The Bertz CT molecular complexity index is 1150. The van der Waals surface area contributed by atoms with Gasteiger partial charge in [0.25, 0.3) is 11.6 Å². The fourth-order valence-electron chi connectivity index (χ4n) is 3.35. The molecule has 9 nitrogen and oxygen atoms in total. The lowest BCUT2D eigenvalue weighted by Crippen LogP contribution is -2.25. The molecule has 1 unspecified atom stereocenters. The van der Waals surface area contributed by atoms with Crippen molar-refractivity contribution in [2.45, 2.75) is 19.3 Å². The minimum absolute atomic E-state index is 0.0201. The van der Waals surface area contributed by atoms with Crippen molar-refractivity contribution < 1.29 is 14.5 Å². The van der Waals surface area contributed by atoms with Crippen LogP contribution in [0.3, 0.4) is 0 Å². The Labute approximate surface area is 175 Å². The molecule has 1 aliphatic rings. The number of hydrogen-bond acceptors (Lipinski definition) is 7. The third-order valence-electron chi connectivity index (χ3n) is 4.86. The summed E-state index contributed by atoms with van der Waals surface area (Å²) in [6.07, 6.45) is 0.321. The molecule has 2 aromatic carbocycles. The number of anilines is 2. The van der Waals surface area contributed by atoms with Crippen LogP contribution >= 0.6 is 11.3 Å². The average Bonchev–Trinajstić information content (AvgIpc) is 3.35. The maximum atomic E-state index is 12.5. The van der Waals surface area contributed by atoms with Crippen LogP contribution in [0.25, 0.3) is 0 Å². The molecule has 4 rings (SSSR count). The van der Waals surface area contributed by atoms with Gasteiger partial charge in [0.1, 0.15) is 5.01 Å². The van der Waals surface area contributed by atoms with E-state index in [0.717, 1.165) is 11.3 Å². The molecule has 152 valence electrons. The Kier molecular flexibility index (Phi) is 5.23. The van der Waals surface area contributed by atoms with Gasteiger partial charge in [-0.1, -0.05) is 35.6 Å². The summed E-state index contributed by atoms with van der Waals surface area (Å²) in [5.74, 6) is -0.602. The second kappa shape index (κ2) is 7.99. The Morgan fingerprint density at radius 3 is 2.80 bits per heavy atom. The predicted octanol–water partition coefficient (Wildman–Crippen LogP) is 3.53. The van der Waals surface area contributed by atoms with E-state index in [2.05, 4.69) is 15.5 Å². The molecule has 1 N–H and O–H groups in total. The number of amides is 2. The van der Waals surface area contributed by atoms with E-state index in [9.17, 15) is 19.7 Å². The standard InChI is InChI=1S/C20H17N5O4S/c1-12-5-2-3-8-16(12)24-11-14(10-17(24)26)19-22-23-20(30-19)21-18(27)13-6-4-7-15(9-13)25(28)29/h2-9,14H,10-11H2,1H3,(H,21,23,27). The number of nitrogens with one attached hydrogen (secondary N) is 1. The summed E-state index contributed by atoms with van der Waals surface area (Å²) in [6, 6.07) is 13.2. The van der Waals surface area contributed by atoms with Crippen molar-refractivity contribution in [3.05, 3.63) is 74.8 Å². The maximum Gasteiger partial charge on any atom is 0.270 e. The van der Waals surface area contributed by atoms with Crippen LogP contribution in [0.2, 0.25) is 0 Å². The number of rotatable bonds is 5. The van der Waals surface area contributed by atoms with E-state index in [1.807, 2.05) is 31.2 Å². The highest BCUT2D eigenvalue weighted by atomic mass is 32.1. The van der Waals surface area contributed by atoms with Crippen LogP contribution in [-0.4, -0.2) is 33.5 Å². The number of carbonyl (C=O) groups is 2. The quantitative estimate of drug-likeness (QED) is 0.495. The van der Waals surface area contributed by atoms with Gasteiger partial charge in [-0.15, -0.1) is 10.2 Å². The molecule has 0 saturated carbocycles. The molecule has 1 aromatic heterocycles. The van der Waals surface area contributed by atoms with Crippen LogP contribution in [0.4, 0.5) is 16.5 Å². The Balaban J connectivity index is 1.46. The van der Waals surface area contributed by atoms with Crippen LogP contribution in [0, 0.1) is 17.0 Å². The van der Waals surface area contributed by atoms with E-state index in [1.165, 1.54) is 35.6 Å². The van der Waals surface area contributed by atoms with Crippen LogP contribution in [0.1, 0.15) is 33.3 Å². The fourth-order valence-corrected chi connectivity index (χ4v) is 4.18. The lowest BCUT2D eigenvalue weighted by molar-refractivity contribution is -0.384. The number of benzene rings is 2. The first kappa shape index (κ1) is 19.6. The van der Waals surface area contributed by atoms with Crippen LogP contribution in [0.5, 0.6) is 0 Å². The normalized spacial score (nSPS) is 16.0. The van der Waals surface area contributed by atoms with Gasteiger partial charge in [-0.05, 0) is 24.6 Å². The molecule has 1 atom stereocenters. The zero-order valence-electron chi connectivity index (χ0n) is 15.9. The summed E-state index contributed by atoms with van der Waals surface area (Å²) in [5.41, 5.74) is 1.89. The summed E-state index contributed by atoms with van der Waals surface area (Å²) in [7, 11) is 0. The molecule has 0 radical (unpaired) electrons. The summed E-state index contributed by atoms with van der Waals surface area (Å²) >= 11 is 1.20. The zero-order valence-corrected chi connectivity index (χ0v) is 16.8. The number of aromatic nitrogens is 2. The highest BCUT2D eigenvalue weighted by Crippen LogP contribution is 2.35. The molecule has 30 heavy (non-hydrogen) atoms. The van der Waals surface area contributed by atoms with Gasteiger partial charge >= 0.3 is 0 Å². The predicted molar refractivity (Wildman–Crippen MR) is 112 cm³/mol. The summed E-state index contributed by atoms with van der Waals surface area (Å²) in [4.78, 5) is 37.0. The molecule has 1 saturated heterocycles. The Morgan fingerprint density at radius 1 is 1.23 bits per heavy atom. The van der Waals surface area contributed by atoms with Gasteiger partial charge in [0, 0.05) is 42.3 Å². The first-order valence-corrected chi connectivity index (χ1v) is 9.99. The van der Waals surface area contributed by atoms with E-state index in [-0.39, 0.29) is 28.2 Å². The van der Waals surface area contributed by atoms with Crippen molar-refractivity contribution in [1.82, 2.24) is 10.2 Å². The number of hydrogen-bond donors (Lipinski definition) is 1. The van der Waals surface area contributed by atoms with Crippen molar-refractivity contribution in [1.29, 1.82) is 0 Å². The zero-order chi connectivity index (χ0) is 21.3. The molecule has 2 amide bonds. The Hall–Kier alpha value is -3.66. The molecule has 0 bridgehead atoms. The van der Waals surface area contributed by atoms with E-state index >= 15 is 0 Å². The monoisotopic (exact) mass is 423 g/mol. The summed E-state index contributed by atoms with van der Waals surface area (Å²) in [6.45, 7) is 2.46. The molecule has 0 aliphatic carbocycles. The van der Waals surface area contributed by atoms with Crippen molar-refractivity contribution in [2.75, 3.05) is 16.8 Å². The number of aryl methyl sites for hydroxylation is 1. The van der Waals surface area contributed by atoms with Gasteiger partial charge in [-0.25, -0.2) is 0 Å². The Morgan fingerprint density at radius 2 is 2.03 bits per heavy atom. The first-order chi connectivity index (χ1) is 14.4. The molecule has 1 fully saturated rings. The fraction of sp³-hybridized carbons (Fsp3) is 0.200. The molecule has 10 heteroatoms. The third-order valence-corrected chi connectivity index (χ3v) is 5.86. The number of nitro benzene ring substituents is 1. The van der Waals surface area contributed by atoms with Gasteiger partial charge in [0.15, 0.2) is 0 Å². The van der Waals surface area contributed by atoms with Gasteiger partial charge in [0.2, 0.25) is 11.0 Å². The van der Waals surface area contributed by atoms with Crippen molar-refractivity contribution in [2.24, 2.45) is 0 Å². The lowest BCUT2D eigenvalue weighted by Gasteiger charge is -2.18. The number of carbonyl (C=O) groups excluding carboxylic acids is 2. The van der Waals surface area contributed by atoms with Crippen molar-refractivity contribution >= 4 is 39.7 Å². The lowest BCUT2D eigenvalue weighted by atomic mass is 10.1. The highest BCUT2D eigenvalue weighted by Gasteiger charge is 2.34. The van der Waals surface area contributed by atoms with Gasteiger partial charge in [0.05, 0.1) is 4.92 Å². The van der Waals surface area contributed by atoms with Gasteiger partial charge in [-0.3, -0.25) is 25.0 Å². The first-order valence-electron chi connectivity index (χ1n) is 9.17. The van der Waals surface area contributed by atoms with Crippen LogP contribution in [0.15, 0.2) is 48.5 Å². The largest absolute Gasteiger partial charge is 0.311 e. The van der Waals surface area contributed by atoms with E-state index in [0.29, 0.717) is 18.0 Å². The second-order valence-electron chi connectivity index (χ2n) is 6.90. The smallest absolute Gasteiger partial charge is 0.270 e. The third kappa shape index (κ3) is 3.90. The summed E-state index contributed by atoms with van der Waals surface area (Å²) in [5, 5.41) is 22.6. The molecular formula is C20H17N5O4S. The number of nitrogens with zero attached hydrogens (tertiary/aromatic N) is 4. The maximum absolute atomic E-state index is 12.5. The minimum atomic E-state index is -0.558. The average molecular weight is 423 g/mol. The van der Waals surface area contributed by atoms with E-state index in [1.54, 1.807) is 4.90 Å². The molecule has 0 spiro atoms. The van der Waals surface area contributed by atoms with Crippen LogP contribution < -0.4 is 10.2 Å². The number of para-hydroxylation sites is 1. The molecule has 2 heterocycles. The van der Waals surface area contributed by atoms with E-state index in [4.69, 9.17) is 0 Å². The van der Waals surface area contributed by atoms with Gasteiger partial charge in [-0.2, -0.15) is 0 Å². The SMILES string of the molecule is Cc1ccccc1N1CC(c2nnc(NC(=O)c3cccc([N+](=O)[O-])c3)s2)CC1=O. The number of nitro groups is 1. The van der Waals surface area contributed by atoms with Crippen LogP contribution in [-0.2, 0) is 4.79 Å². The molecular weight excluding hydrogens is 406 g/mol. The number of non-ortho nitro benzene ring substituents is 1. The summed E-state index contributed by atoms with van der Waals surface area (Å²) < 4.78 is 0. The van der Waals surface area contributed by atoms with Crippen molar-refractivity contribution in [3.8, 4) is 0 Å². The van der Waals surface area contributed by atoms with Gasteiger partial charge < -0.3 is 4.90 Å².